The van der Waals surface area contributed by atoms with Crippen molar-refractivity contribution >= 4 is 19.6 Å². The van der Waals surface area contributed by atoms with E-state index in [2.05, 4.69) is 11.5 Å². The van der Waals surface area contributed by atoms with Crippen molar-refractivity contribution in [3.8, 4) is 0 Å². The maximum absolute atomic E-state index is 10.8. The molecule has 4 nitrogen and oxygen atoms in total. The van der Waals surface area contributed by atoms with Crippen LogP contribution < -0.4 is 5.45 Å². The lowest BCUT2D eigenvalue weighted by atomic mass is 10.5. The van der Waals surface area contributed by atoms with Crippen LogP contribution in [0.1, 0.15) is 6.42 Å². The van der Waals surface area contributed by atoms with Crippen LogP contribution in [0.25, 0.3) is 0 Å². The number of rotatable bonds is 1. The first-order chi connectivity index (χ1) is 6.13. The normalized spacial score (nSPS) is 19.5. The molecule has 5 heteroatoms. The Morgan fingerprint density at radius 2 is 2.38 bits per heavy atom. The molecule has 70 valence electrons. The van der Waals surface area contributed by atoms with Crippen molar-refractivity contribution in [2.45, 2.75) is 25.1 Å². The molecule has 1 aliphatic rings. The zero-order valence-electron chi connectivity index (χ0n) is 7.53. The molecular formula is C8H12N2O2Si. The second-order valence-corrected chi connectivity index (χ2v) is 8.39. The lowest BCUT2D eigenvalue weighted by molar-refractivity contribution is 0.197. The topological polar surface area (TPSA) is 55.1 Å². The molecule has 2 heterocycles. The Bertz CT molecular complexity index is 344. The third-order valence-corrected chi connectivity index (χ3v) is 7.21. The molecule has 13 heavy (non-hydrogen) atoms. The Kier molecular flexibility index (Phi) is 1.76. The molecule has 1 fully saturated rings. The Balaban J connectivity index is 2.39. The second kappa shape index (κ2) is 2.70. The van der Waals surface area contributed by atoms with Gasteiger partial charge in [0.2, 0.25) is 0 Å². The molecule has 2 rings (SSSR count). The quantitative estimate of drug-likeness (QED) is 0.684. The maximum Gasteiger partial charge on any atom is 0.416 e. The van der Waals surface area contributed by atoms with E-state index in [9.17, 15) is 4.79 Å². The first-order valence-electron chi connectivity index (χ1n) is 4.41. The van der Waals surface area contributed by atoms with Gasteiger partial charge >= 0.3 is 6.09 Å². The minimum absolute atomic E-state index is 0.825. The van der Waals surface area contributed by atoms with E-state index >= 15 is 0 Å². The zero-order chi connectivity index (χ0) is 9.47. The molecule has 1 saturated heterocycles. The minimum Gasteiger partial charge on any atom is -0.464 e. The molecule has 1 aromatic heterocycles. The Labute approximate surface area is 77.2 Å². The van der Waals surface area contributed by atoms with Crippen molar-refractivity contribution in [2.75, 3.05) is 0 Å². The van der Waals surface area contributed by atoms with Crippen molar-refractivity contribution in [1.82, 2.24) is 9.55 Å². The summed E-state index contributed by atoms with van der Waals surface area (Å²) in [4.78, 5) is 15.0. The summed E-state index contributed by atoms with van der Waals surface area (Å²) in [6.45, 7) is 2.21. The molecule has 0 radical (unpaired) electrons. The largest absolute Gasteiger partial charge is 0.464 e. The highest BCUT2D eigenvalue weighted by atomic mass is 28.3. The Morgan fingerprint density at radius 1 is 1.69 bits per heavy atom. The summed E-state index contributed by atoms with van der Waals surface area (Å²) in [5, 5.41) is 8.88. The standard InChI is InChI=1S/C8H12N2O2Si/c1-13(5-2-6-13)7-9-3-4-10(7)8(11)12/h3-4H,2,5-6H2,1H3,(H,11,12). The van der Waals surface area contributed by atoms with Crippen LogP contribution in [-0.2, 0) is 0 Å². The van der Waals surface area contributed by atoms with Crippen LogP contribution in [0.4, 0.5) is 4.79 Å². The van der Waals surface area contributed by atoms with Crippen LogP contribution in [0, 0.1) is 0 Å². The molecule has 0 aromatic carbocycles. The predicted molar refractivity (Wildman–Crippen MR) is 51.1 cm³/mol. The van der Waals surface area contributed by atoms with E-state index in [-0.39, 0.29) is 0 Å². The molecule has 0 unspecified atom stereocenters. The van der Waals surface area contributed by atoms with Gasteiger partial charge in [0.1, 0.15) is 8.07 Å². The van der Waals surface area contributed by atoms with Crippen molar-refractivity contribution in [3.63, 3.8) is 0 Å². The summed E-state index contributed by atoms with van der Waals surface area (Å²) in [6, 6.07) is 2.36. The van der Waals surface area contributed by atoms with Gasteiger partial charge in [-0.15, -0.1) is 0 Å². The van der Waals surface area contributed by atoms with E-state index in [0.717, 1.165) is 5.45 Å². The Hall–Kier alpha value is -1.10. The lowest BCUT2D eigenvalue weighted by Crippen LogP contribution is -2.55. The van der Waals surface area contributed by atoms with Gasteiger partial charge in [-0.25, -0.2) is 14.3 Å². The number of nitrogens with zero attached hydrogens (tertiary/aromatic N) is 2. The highest BCUT2D eigenvalue weighted by Crippen LogP contribution is 2.30. The third-order valence-electron chi connectivity index (χ3n) is 2.84. The Morgan fingerprint density at radius 3 is 2.85 bits per heavy atom. The van der Waals surface area contributed by atoms with Crippen LogP contribution >= 0.6 is 0 Å². The average Bonchev–Trinajstić information content (AvgIpc) is 2.47. The minimum atomic E-state index is -1.46. The molecule has 0 bridgehead atoms. The van der Waals surface area contributed by atoms with Gasteiger partial charge in [-0.2, -0.15) is 0 Å². The highest BCUT2D eigenvalue weighted by molar-refractivity contribution is 6.92. The molecule has 1 N–H and O–H groups in total. The van der Waals surface area contributed by atoms with Gasteiger partial charge in [0.15, 0.2) is 0 Å². The van der Waals surface area contributed by atoms with Gasteiger partial charge < -0.3 is 5.11 Å². The monoisotopic (exact) mass is 196 g/mol. The van der Waals surface area contributed by atoms with E-state index in [0.29, 0.717) is 0 Å². The average molecular weight is 196 g/mol. The van der Waals surface area contributed by atoms with E-state index in [4.69, 9.17) is 5.11 Å². The zero-order valence-corrected chi connectivity index (χ0v) is 8.53. The maximum atomic E-state index is 10.8. The smallest absolute Gasteiger partial charge is 0.416 e. The summed E-state index contributed by atoms with van der Waals surface area (Å²) < 4.78 is 1.28. The van der Waals surface area contributed by atoms with Gasteiger partial charge in [0, 0.05) is 12.4 Å². The summed E-state index contributed by atoms with van der Waals surface area (Å²) in [7, 11) is -1.46. The van der Waals surface area contributed by atoms with Gasteiger partial charge in [0.25, 0.3) is 0 Å². The number of aromatic nitrogens is 2. The number of hydrogen-bond donors (Lipinski definition) is 1. The van der Waals surface area contributed by atoms with Crippen molar-refractivity contribution in [2.24, 2.45) is 0 Å². The molecule has 1 aromatic rings. The van der Waals surface area contributed by atoms with Crippen molar-refractivity contribution in [3.05, 3.63) is 12.4 Å². The SMILES string of the molecule is C[Si]1(c2nccn2C(=O)O)CCC1. The molecule has 0 aliphatic carbocycles. The van der Waals surface area contributed by atoms with Crippen LogP contribution in [0.15, 0.2) is 12.4 Å². The summed E-state index contributed by atoms with van der Waals surface area (Å²) in [6.07, 6.45) is 3.44. The fraction of sp³-hybridized carbons (Fsp3) is 0.500. The fourth-order valence-electron chi connectivity index (χ4n) is 1.84. The fourth-order valence-corrected chi connectivity index (χ4v) is 4.83. The van der Waals surface area contributed by atoms with Crippen LogP contribution in [-0.4, -0.2) is 28.8 Å². The number of hydrogen-bond acceptors (Lipinski definition) is 2. The van der Waals surface area contributed by atoms with E-state index < -0.39 is 14.2 Å². The number of imidazole rings is 1. The van der Waals surface area contributed by atoms with Gasteiger partial charge in [-0.1, -0.05) is 25.1 Å². The first-order valence-corrected chi connectivity index (χ1v) is 7.32. The molecule has 0 spiro atoms. The van der Waals surface area contributed by atoms with Crippen LogP contribution in [0.3, 0.4) is 0 Å². The summed E-state index contributed by atoms with van der Waals surface area (Å²) in [5.41, 5.74) is 0.825. The van der Waals surface area contributed by atoms with E-state index in [1.807, 2.05) is 0 Å². The molecule has 0 atom stereocenters. The summed E-state index contributed by atoms with van der Waals surface area (Å²) >= 11 is 0. The lowest BCUT2D eigenvalue weighted by Gasteiger charge is -2.34. The molecule has 0 amide bonds. The number of carbonyl (C=O) groups is 1. The predicted octanol–water partition coefficient (Wildman–Crippen LogP) is 1.10. The van der Waals surface area contributed by atoms with Crippen molar-refractivity contribution in [1.29, 1.82) is 0 Å². The van der Waals surface area contributed by atoms with E-state index in [1.165, 1.54) is 29.3 Å². The van der Waals surface area contributed by atoms with Crippen molar-refractivity contribution < 1.29 is 9.90 Å². The molecule has 1 aliphatic heterocycles. The second-order valence-electron chi connectivity index (χ2n) is 3.82. The van der Waals surface area contributed by atoms with E-state index in [1.54, 1.807) is 6.20 Å². The van der Waals surface area contributed by atoms with Crippen LogP contribution in [0.2, 0.25) is 18.6 Å². The van der Waals surface area contributed by atoms with Gasteiger partial charge in [-0.3, -0.25) is 0 Å². The summed E-state index contributed by atoms with van der Waals surface area (Å²) in [5.74, 6) is 0. The van der Waals surface area contributed by atoms with Crippen LogP contribution in [0.5, 0.6) is 0 Å². The molecule has 0 saturated carbocycles. The highest BCUT2D eigenvalue weighted by Gasteiger charge is 2.40. The molecular weight excluding hydrogens is 184 g/mol. The third kappa shape index (κ3) is 1.19. The van der Waals surface area contributed by atoms with Gasteiger partial charge in [0.05, 0.1) is 5.45 Å². The number of carboxylic acid groups (broad SMARTS) is 1. The first kappa shape index (κ1) is 8.49. The van der Waals surface area contributed by atoms with Gasteiger partial charge in [-0.05, 0) is 0 Å².